The molecule has 0 radical (unpaired) electrons. The van der Waals surface area contributed by atoms with Crippen molar-refractivity contribution in [3.05, 3.63) is 34.6 Å². The molecule has 1 aliphatic rings. The summed E-state index contributed by atoms with van der Waals surface area (Å²) in [6, 6.07) is 3.67. The maximum absolute atomic E-state index is 12.8. The van der Waals surface area contributed by atoms with Crippen molar-refractivity contribution in [2.75, 3.05) is 0 Å². The van der Waals surface area contributed by atoms with Gasteiger partial charge in [0.05, 0.1) is 5.36 Å². The van der Waals surface area contributed by atoms with E-state index in [1.54, 1.807) is 0 Å². The zero-order valence-electron chi connectivity index (χ0n) is 7.48. The Balaban J connectivity index is 2.69. The molecular formula is C10H6FNO3. The maximum atomic E-state index is 12.8. The van der Waals surface area contributed by atoms with Crippen molar-refractivity contribution in [1.82, 2.24) is 0 Å². The smallest absolute Gasteiger partial charge is 0.320 e. The van der Waals surface area contributed by atoms with Crippen molar-refractivity contribution in [2.45, 2.75) is 0 Å². The molecule has 4 nitrogen and oxygen atoms in total. The molecule has 76 valence electrons. The van der Waals surface area contributed by atoms with Gasteiger partial charge in [-0.1, -0.05) is 6.08 Å². The van der Waals surface area contributed by atoms with Crippen LogP contribution in [0.25, 0.3) is 6.08 Å². The molecule has 0 saturated heterocycles. The van der Waals surface area contributed by atoms with Gasteiger partial charge >= 0.3 is 5.97 Å². The second kappa shape index (κ2) is 3.27. The number of hydrogen-bond donors (Lipinski definition) is 1. The minimum atomic E-state index is -1.31. The number of rotatable bonds is 1. The van der Waals surface area contributed by atoms with Crippen LogP contribution in [0, 0.1) is 11.7 Å². The zero-order valence-corrected chi connectivity index (χ0v) is 7.48. The first-order valence-electron chi connectivity index (χ1n) is 4.21. The summed E-state index contributed by atoms with van der Waals surface area (Å²) >= 11 is 0. The molecule has 0 aliphatic carbocycles. The van der Waals surface area contributed by atoms with Gasteiger partial charge in [0.15, 0.2) is 5.92 Å². The van der Waals surface area contributed by atoms with Crippen LogP contribution in [0.2, 0.25) is 0 Å². The first-order chi connectivity index (χ1) is 7.08. The Morgan fingerprint density at radius 2 is 2.20 bits per heavy atom. The summed E-state index contributed by atoms with van der Waals surface area (Å²) in [6.45, 7) is 0. The number of aliphatic carboxylic acids is 1. The third kappa shape index (κ3) is 1.63. The van der Waals surface area contributed by atoms with Gasteiger partial charge in [-0.15, -0.1) is 0 Å². The number of carbonyl (C=O) groups excluding carboxylic acids is 1. The zero-order chi connectivity index (χ0) is 11.0. The van der Waals surface area contributed by atoms with Crippen LogP contribution in [0.15, 0.2) is 23.2 Å². The highest BCUT2D eigenvalue weighted by atomic mass is 19.1. The minimum Gasteiger partial charge on any atom is -0.480 e. The number of fused-ring (bicyclic) bond motifs is 1. The Morgan fingerprint density at radius 3 is 2.87 bits per heavy atom. The van der Waals surface area contributed by atoms with Crippen molar-refractivity contribution in [3.8, 4) is 0 Å². The lowest BCUT2D eigenvalue weighted by Crippen LogP contribution is -2.36. The van der Waals surface area contributed by atoms with E-state index in [0.29, 0.717) is 10.6 Å². The summed E-state index contributed by atoms with van der Waals surface area (Å²) in [7, 11) is 0. The van der Waals surface area contributed by atoms with E-state index in [0.717, 1.165) is 6.07 Å². The molecule has 2 rings (SSSR count). The number of amides is 1. The molecule has 0 fully saturated rings. The van der Waals surface area contributed by atoms with Crippen molar-refractivity contribution >= 4 is 18.0 Å². The van der Waals surface area contributed by atoms with Crippen LogP contribution in [0.5, 0.6) is 0 Å². The lowest BCUT2D eigenvalue weighted by molar-refractivity contribution is -0.143. The van der Waals surface area contributed by atoms with E-state index in [4.69, 9.17) is 5.11 Å². The molecule has 0 saturated carbocycles. The number of carboxylic acid groups (broad SMARTS) is 1. The van der Waals surface area contributed by atoms with Gasteiger partial charge in [-0.3, -0.25) is 9.59 Å². The third-order valence-electron chi connectivity index (χ3n) is 2.10. The number of hydrogen-bond acceptors (Lipinski definition) is 2. The molecular weight excluding hydrogens is 201 g/mol. The lowest BCUT2D eigenvalue weighted by atomic mass is 10.0. The number of carbonyl (C=O) groups is 2. The molecule has 5 heteroatoms. The van der Waals surface area contributed by atoms with Crippen LogP contribution in [0.1, 0.15) is 0 Å². The number of halogens is 1. The van der Waals surface area contributed by atoms with E-state index < -0.39 is 23.6 Å². The van der Waals surface area contributed by atoms with Crippen molar-refractivity contribution in [3.63, 3.8) is 0 Å². The van der Waals surface area contributed by atoms with E-state index >= 15 is 0 Å². The molecule has 0 aromatic heterocycles. The van der Waals surface area contributed by atoms with E-state index in [1.807, 2.05) is 0 Å². The Hall–Kier alpha value is -2.04. The van der Waals surface area contributed by atoms with Gasteiger partial charge in [-0.05, 0) is 18.2 Å². The molecule has 1 amide bonds. The molecule has 0 spiro atoms. The average Bonchev–Trinajstić information content (AvgIpc) is 2.17. The molecule has 1 aliphatic heterocycles. The fourth-order valence-corrected chi connectivity index (χ4v) is 1.38. The van der Waals surface area contributed by atoms with Gasteiger partial charge in [-0.25, -0.2) is 9.38 Å². The second-order valence-corrected chi connectivity index (χ2v) is 3.14. The van der Waals surface area contributed by atoms with Crippen LogP contribution in [-0.4, -0.2) is 17.0 Å². The van der Waals surface area contributed by atoms with Gasteiger partial charge in [0, 0.05) is 5.22 Å². The molecule has 1 heterocycles. The van der Waals surface area contributed by atoms with Crippen LogP contribution >= 0.6 is 0 Å². The highest BCUT2D eigenvalue weighted by molar-refractivity contribution is 6.03. The summed E-state index contributed by atoms with van der Waals surface area (Å²) in [4.78, 5) is 25.4. The number of nitrogens with zero attached hydrogens (tertiary/aromatic N) is 1. The van der Waals surface area contributed by atoms with Gasteiger partial charge in [0.1, 0.15) is 5.82 Å². The predicted octanol–water partition coefficient (Wildman–Crippen LogP) is -0.533. The predicted molar refractivity (Wildman–Crippen MR) is 47.8 cm³/mol. The Kier molecular flexibility index (Phi) is 2.07. The molecule has 1 unspecified atom stereocenters. The van der Waals surface area contributed by atoms with Gasteiger partial charge < -0.3 is 5.11 Å². The lowest BCUT2D eigenvalue weighted by Gasteiger charge is -2.06. The van der Waals surface area contributed by atoms with E-state index in [1.165, 1.54) is 18.2 Å². The highest BCUT2D eigenvalue weighted by Crippen LogP contribution is 2.04. The van der Waals surface area contributed by atoms with Gasteiger partial charge in [0.2, 0.25) is 0 Å². The largest absolute Gasteiger partial charge is 0.480 e. The van der Waals surface area contributed by atoms with Crippen LogP contribution in [0.4, 0.5) is 4.39 Å². The van der Waals surface area contributed by atoms with Crippen LogP contribution in [-0.2, 0) is 9.59 Å². The summed E-state index contributed by atoms with van der Waals surface area (Å²) in [6.07, 6.45) is 1.20. The standard InChI is InChI=1S/C10H6FNO3/c11-6-1-2-8-5(3-6)4-7(10(14)15)9(13)12-8/h1-4,7H,(H,14,15). The molecule has 0 bridgehead atoms. The van der Waals surface area contributed by atoms with Crippen LogP contribution < -0.4 is 10.6 Å². The Labute approximate surface area is 83.4 Å². The van der Waals surface area contributed by atoms with Crippen molar-refractivity contribution < 1.29 is 19.1 Å². The van der Waals surface area contributed by atoms with E-state index in [-0.39, 0.29) is 0 Å². The summed E-state index contributed by atoms with van der Waals surface area (Å²) < 4.78 is 12.8. The second-order valence-electron chi connectivity index (χ2n) is 3.14. The first kappa shape index (κ1) is 9.51. The topological polar surface area (TPSA) is 66.7 Å². The molecule has 15 heavy (non-hydrogen) atoms. The number of benzene rings is 1. The number of carboxylic acids is 1. The molecule has 1 atom stereocenters. The van der Waals surface area contributed by atoms with Crippen LogP contribution in [0.3, 0.4) is 0 Å². The Morgan fingerprint density at radius 1 is 1.47 bits per heavy atom. The van der Waals surface area contributed by atoms with Gasteiger partial charge in [-0.2, -0.15) is 0 Å². The normalized spacial score (nSPS) is 18.7. The van der Waals surface area contributed by atoms with Gasteiger partial charge in [0.25, 0.3) is 5.91 Å². The molecule has 1 aromatic carbocycles. The SMILES string of the molecule is O=C(O)C1C=c2cc(F)ccc2=NC1=O. The maximum Gasteiger partial charge on any atom is 0.320 e. The third-order valence-corrected chi connectivity index (χ3v) is 2.10. The van der Waals surface area contributed by atoms with E-state index in [2.05, 4.69) is 4.99 Å². The first-order valence-corrected chi connectivity index (χ1v) is 4.21. The van der Waals surface area contributed by atoms with Crippen molar-refractivity contribution in [1.29, 1.82) is 0 Å². The monoisotopic (exact) mass is 207 g/mol. The quantitative estimate of drug-likeness (QED) is 0.629. The summed E-state index contributed by atoms with van der Waals surface area (Å²) in [5, 5.41) is 9.34. The highest BCUT2D eigenvalue weighted by Gasteiger charge is 2.25. The van der Waals surface area contributed by atoms with E-state index in [9.17, 15) is 14.0 Å². The summed E-state index contributed by atoms with van der Waals surface area (Å²) in [5.74, 6) is -3.81. The van der Waals surface area contributed by atoms with Crippen molar-refractivity contribution in [2.24, 2.45) is 10.9 Å². The minimum absolute atomic E-state index is 0.305. The molecule has 1 N–H and O–H groups in total. The molecule has 1 aromatic rings. The Bertz CT molecular complexity index is 565. The fourth-order valence-electron chi connectivity index (χ4n) is 1.38. The summed E-state index contributed by atoms with van der Waals surface area (Å²) in [5.41, 5.74) is 0. The average molecular weight is 207 g/mol. The fraction of sp³-hybridized carbons (Fsp3) is 0.100.